The minimum Gasteiger partial charge on any atom is -0.507 e. The van der Waals surface area contributed by atoms with Crippen LogP contribution in [0.4, 0.5) is 0 Å². The average molecular weight is 248 g/mol. The molecule has 1 amide bonds. The van der Waals surface area contributed by atoms with Crippen LogP contribution in [-0.4, -0.2) is 47.5 Å². The lowest BCUT2D eigenvalue weighted by molar-refractivity contribution is -0.119. The Morgan fingerprint density at radius 3 is 2.22 bits per heavy atom. The van der Waals surface area contributed by atoms with Crippen molar-refractivity contribution in [3.8, 4) is 5.75 Å². The van der Waals surface area contributed by atoms with E-state index in [4.69, 9.17) is 0 Å². The summed E-state index contributed by atoms with van der Waals surface area (Å²) in [5.41, 5.74) is 3.08. The predicted molar refractivity (Wildman–Crippen MR) is 70.5 cm³/mol. The van der Waals surface area contributed by atoms with Gasteiger partial charge in [0.05, 0.1) is 0 Å². The van der Waals surface area contributed by atoms with Crippen molar-refractivity contribution < 1.29 is 9.90 Å². The van der Waals surface area contributed by atoms with Crippen LogP contribution < -0.4 is 0 Å². The number of rotatable bonds is 3. The fourth-order valence-corrected chi connectivity index (χ4v) is 2.42. The van der Waals surface area contributed by atoms with Crippen LogP contribution in [0.15, 0.2) is 12.1 Å². The van der Waals surface area contributed by atoms with E-state index in [-0.39, 0.29) is 0 Å². The molecule has 4 heteroatoms. The van der Waals surface area contributed by atoms with Gasteiger partial charge < -0.3 is 10.0 Å². The molecule has 1 aromatic rings. The number of aryl methyl sites for hydroxylation is 2. The summed E-state index contributed by atoms with van der Waals surface area (Å²) in [7, 11) is 0. The zero-order valence-electron chi connectivity index (χ0n) is 11.0. The van der Waals surface area contributed by atoms with Crippen molar-refractivity contribution in [1.29, 1.82) is 0 Å². The number of phenols is 1. The Balaban J connectivity index is 2.00. The molecule has 1 N–H and O–H groups in total. The summed E-state index contributed by atoms with van der Waals surface area (Å²) in [4.78, 5) is 14.8. The maximum Gasteiger partial charge on any atom is 0.209 e. The second-order valence-electron chi connectivity index (χ2n) is 5.00. The first kappa shape index (κ1) is 12.9. The summed E-state index contributed by atoms with van der Waals surface area (Å²) in [5.74, 6) is 0.393. The third-order valence-corrected chi connectivity index (χ3v) is 3.51. The average Bonchev–Trinajstić information content (AvgIpc) is 2.37. The molecule has 1 fully saturated rings. The maximum atomic E-state index is 10.6. The lowest BCUT2D eigenvalue weighted by atomic mass is 10.1. The Kier molecular flexibility index (Phi) is 3.87. The summed E-state index contributed by atoms with van der Waals surface area (Å²) in [5, 5.41) is 9.74. The highest BCUT2D eigenvalue weighted by atomic mass is 16.3. The third kappa shape index (κ3) is 2.82. The largest absolute Gasteiger partial charge is 0.507 e. The zero-order chi connectivity index (χ0) is 13.1. The number of hydrogen-bond acceptors (Lipinski definition) is 3. The van der Waals surface area contributed by atoms with Crippen LogP contribution in [0.3, 0.4) is 0 Å². The van der Waals surface area contributed by atoms with Gasteiger partial charge in [0.25, 0.3) is 0 Å². The molecule has 0 saturated carbocycles. The molecule has 0 unspecified atom stereocenters. The number of benzene rings is 1. The SMILES string of the molecule is Cc1cc(CN2CCN(C=O)CC2)cc(C)c1O. The van der Waals surface area contributed by atoms with E-state index in [0.717, 1.165) is 50.3 Å². The molecule has 2 rings (SSSR count). The van der Waals surface area contributed by atoms with Gasteiger partial charge in [-0.1, -0.05) is 12.1 Å². The lowest BCUT2D eigenvalue weighted by Crippen LogP contribution is -2.45. The first-order valence-electron chi connectivity index (χ1n) is 6.31. The second-order valence-corrected chi connectivity index (χ2v) is 5.00. The number of amides is 1. The van der Waals surface area contributed by atoms with E-state index >= 15 is 0 Å². The van der Waals surface area contributed by atoms with Crippen LogP contribution in [-0.2, 0) is 11.3 Å². The number of piperazine rings is 1. The number of phenolic OH excluding ortho intramolecular Hbond substituents is 1. The van der Waals surface area contributed by atoms with Crippen LogP contribution in [0, 0.1) is 13.8 Å². The Morgan fingerprint density at radius 1 is 1.17 bits per heavy atom. The topological polar surface area (TPSA) is 43.8 Å². The van der Waals surface area contributed by atoms with Gasteiger partial charge in [-0.25, -0.2) is 0 Å². The van der Waals surface area contributed by atoms with Crippen molar-refractivity contribution >= 4 is 6.41 Å². The third-order valence-electron chi connectivity index (χ3n) is 3.51. The molecule has 0 aliphatic carbocycles. The van der Waals surface area contributed by atoms with Crippen molar-refractivity contribution in [1.82, 2.24) is 9.80 Å². The molecule has 0 aromatic heterocycles. The highest BCUT2D eigenvalue weighted by Crippen LogP contribution is 2.23. The monoisotopic (exact) mass is 248 g/mol. The standard InChI is InChI=1S/C14H20N2O2/c1-11-7-13(8-12(2)14(11)18)9-15-3-5-16(10-17)6-4-15/h7-8,10,18H,3-6,9H2,1-2H3. The van der Waals surface area contributed by atoms with Crippen molar-refractivity contribution in [2.45, 2.75) is 20.4 Å². The van der Waals surface area contributed by atoms with E-state index in [1.54, 1.807) is 0 Å². The van der Waals surface area contributed by atoms with Crippen molar-refractivity contribution in [2.75, 3.05) is 26.2 Å². The van der Waals surface area contributed by atoms with E-state index in [1.165, 1.54) is 5.56 Å². The van der Waals surface area contributed by atoms with E-state index in [0.29, 0.717) is 5.75 Å². The first-order chi connectivity index (χ1) is 8.60. The maximum absolute atomic E-state index is 10.6. The second kappa shape index (κ2) is 5.40. The number of hydrogen-bond donors (Lipinski definition) is 1. The molecule has 1 aromatic carbocycles. The molecular weight excluding hydrogens is 228 g/mol. The zero-order valence-corrected chi connectivity index (χ0v) is 11.0. The Bertz CT molecular complexity index is 414. The smallest absolute Gasteiger partial charge is 0.209 e. The normalized spacial score (nSPS) is 16.9. The van der Waals surface area contributed by atoms with Crippen LogP contribution in [0.5, 0.6) is 5.75 Å². The molecule has 1 aliphatic heterocycles. The molecule has 0 bridgehead atoms. The molecule has 98 valence electrons. The van der Waals surface area contributed by atoms with Gasteiger partial charge in [0, 0.05) is 32.7 Å². The molecule has 1 heterocycles. The molecule has 1 aliphatic rings. The van der Waals surface area contributed by atoms with E-state index in [2.05, 4.69) is 4.90 Å². The van der Waals surface area contributed by atoms with Gasteiger partial charge in [-0.2, -0.15) is 0 Å². The highest BCUT2D eigenvalue weighted by molar-refractivity contribution is 5.47. The van der Waals surface area contributed by atoms with Crippen molar-refractivity contribution in [2.24, 2.45) is 0 Å². The van der Waals surface area contributed by atoms with Gasteiger partial charge in [0.15, 0.2) is 0 Å². The van der Waals surface area contributed by atoms with Gasteiger partial charge in [-0.3, -0.25) is 9.69 Å². The van der Waals surface area contributed by atoms with Crippen LogP contribution in [0.2, 0.25) is 0 Å². The summed E-state index contributed by atoms with van der Waals surface area (Å²) in [6.07, 6.45) is 0.923. The summed E-state index contributed by atoms with van der Waals surface area (Å²) in [6.45, 7) is 8.18. The fraction of sp³-hybridized carbons (Fsp3) is 0.500. The minimum absolute atomic E-state index is 0.393. The van der Waals surface area contributed by atoms with Gasteiger partial charge in [0.2, 0.25) is 6.41 Å². The summed E-state index contributed by atoms with van der Waals surface area (Å²) in [6, 6.07) is 4.07. The van der Waals surface area contributed by atoms with Crippen molar-refractivity contribution in [3.05, 3.63) is 28.8 Å². The Morgan fingerprint density at radius 2 is 1.72 bits per heavy atom. The molecule has 18 heavy (non-hydrogen) atoms. The van der Waals surface area contributed by atoms with Crippen molar-refractivity contribution in [3.63, 3.8) is 0 Å². The highest BCUT2D eigenvalue weighted by Gasteiger charge is 2.15. The number of nitrogens with zero attached hydrogens (tertiary/aromatic N) is 2. The Hall–Kier alpha value is -1.55. The summed E-state index contributed by atoms with van der Waals surface area (Å²) < 4.78 is 0. The van der Waals surface area contributed by atoms with Gasteiger partial charge in [-0.15, -0.1) is 0 Å². The van der Waals surface area contributed by atoms with E-state index < -0.39 is 0 Å². The number of carbonyl (C=O) groups is 1. The van der Waals surface area contributed by atoms with Gasteiger partial charge >= 0.3 is 0 Å². The van der Waals surface area contributed by atoms with Crippen LogP contribution in [0.1, 0.15) is 16.7 Å². The van der Waals surface area contributed by atoms with Gasteiger partial charge in [-0.05, 0) is 30.5 Å². The molecule has 0 spiro atoms. The van der Waals surface area contributed by atoms with Gasteiger partial charge in [0.1, 0.15) is 5.75 Å². The quantitative estimate of drug-likeness (QED) is 0.820. The number of carbonyl (C=O) groups excluding carboxylic acids is 1. The minimum atomic E-state index is 0.393. The fourth-order valence-electron chi connectivity index (χ4n) is 2.42. The van der Waals surface area contributed by atoms with Crippen LogP contribution in [0.25, 0.3) is 0 Å². The number of aromatic hydroxyl groups is 1. The van der Waals surface area contributed by atoms with E-state index in [1.807, 2.05) is 30.9 Å². The van der Waals surface area contributed by atoms with E-state index in [9.17, 15) is 9.90 Å². The van der Waals surface area contributed by atoms with Crippen LogP contribution >= 0.6 is 0 Å². The molecule has 0 atom stereocenters. The molecule has 1 saturated heterocycles. The Labute approximate surface area is 108 Å². The summed E-state index contributed by atoms with van der Waals surface area (Å²) >= 11 is 0. The first-order valence-corrected chi connectivity index (χ1v) is 6.31. The molecule has 0 radical (unpaired) electrons. The molecular formula is C14H20N2O2. The molecule has 4 nitrogen and oxygen atoms in total. The lowest BCUT2D eigenvalue weighted by Gasteiger charge is -2.32. The predicted octanol–water partition coefficient (Wildman–Crippen LogP) is 1.28.